The third-order valence-corrected chi connectivity index (χ3v) is 2.50. The van der Waals surface area contributed by atoms with Crippen LogP contribution in [0.25, 0.3) is 5.76 Å². The molecule has 0 bridgehead atoms. The highest BCUT2D eigenvalue weighted by molar-refractivity contribution is 6.03. The molecular formula is C12H12O2. The van der Waals surface area contributed by atoms with Gasteiger partial charge in [0.15, 0.2) is 5.78 Å². The first kappa shape index (κ1) is 9.00. The Bertz CT molecular complexity index is 377. The van der Waals surface area contributed by atoms with Gasteiger partial charge < -0.3 is 5.11 Å². The predicted molar refractivity (Wildman–Crippen MR) is 54.8 cm³/mol. The van der Waals surface area contributed by atoms with Gasteiger partial charge in [-0.25, -0.2) is 0 Å². The Labute approximate surface area is 82.9 Å². The topological polar surface area (TPSA) is 37.3 Å². The van der Waals surface area contributed by atoms with E-state index in [9.17, 15) is 9.90 Å². The van der Waals surface area contributed by atoms with Crippen LogP contribution >= 0.6 is 0 Å². The lowest BCUT2D eigenvalue weighted by Gasteiger charge is -2.02. The Morgan fingerprint density at radius 1 is 1.14 bits per heavy atom. The van der Waals surface area contributed by atoms with Crippen molar-refractivity contribution in [2.24, 2.45) is 0 Å². The minimum absolute atomic E-state index is 0.0892. The molecule has 0 atom stereocenters. The number of carbonyl (C=O) groups excluding carboxylic acids is 1. The number of Topliss-reactive ketones (excluding diaryl/α,β-unsaturated/α-hetero) is 1. The second-order valence-electron chi connectivity index (χ2n) is 3.47. The van der Waals surface area contributed by atoms with E-state index in [2.05, 4.69) is 0 Å². The average Bonchev–Trinajstić information content (AvgIpc) is 2.65. The van der Waals surface area contributed by atoms with E-state index in [1.807, 2.05) is 30.3 Å². The fourth-order valence-corrected chi connectivity index (χ4v) is 1.74. The number of hydrogen-bond acceptors (Lipinski definition) is 2. The zero-order valence-corrected chi connectivity index (χ0v) is 7.86. The molecule has 0 saturated heterocycles. The highest BCUT2D eigenvalue weighted by atomic mass is 16.3. The Kier molecular flexibility index (Phi) is 2.35. The van der Waals surface area contributed by atoms with Gasteiger partial charge in [0.2, 0.25) is 0 Å². The Balaban J connectivity index is 2.40. The van der Waals surface area contributed by atoms with Crippen molar-refractivity contribution in [1.82, 2.24) is 0 Å². The van der Waals surface area contributed by atoms with Crippen molar-refractivity contribution in [3.05, 3.63) is 41.5 Å². The monoisotopic (exact) mass is 188 g/mol. The second-order valence-corrected chi connectivity index (χ2v) is 3.47. The first-order valence-corrected chi connectivity index (χ1v) is 4.80. The number of rotatable bonds is 1. The van der Waals surface area contributed by atoms with Gasteiger partial charge in [0.1, 0.15) is 5.76 Å². The molecule has 72 valence electrons. The van der Waals surface area contributed by atoms with Crippen LogP contribution in [-0.4, -0.2) is 10.9 Å². The number of aliphatic hydroxyl groups is 1. The van der Waals surface area contributed by atoms with Crippen LogP contribution in [0.5, 0.6) is 0 Å². The predicted octanol–water partition coefficient (Wildman–Crippen LogP) is 2.71. The van der Waals surface area contributed by atoms with Gasteiger partial charge in [-0.1, -0.05) is 30.3 Å². The van der Waals surface area contributed by atoms with Crippen molar-refractivity contribution in [3.8, 4) is 0 Å². The molecule has 0 unspecified atom stereocenters. The van der Waals surface area contributed by atoms with Gasteiger partial charge in [0, 0.05) is 17.6 Å². The maximum atomic E-state index is 11.4. The molecule has 2 rings (SSSR count). The van der Waals surface area contributed by atoms with E-state index in [0.717, 1.165) is 12.0 Å². The molecular weight excluding hydrogens is 176 g/mol. The summed E-state index contributed by atoms with van der Waals surface area (Å²) in [5.41, 5.74) is 1.33. The van der Waals surface area contributed by atoms with Crippen molar-refractivity contribution in [3.63, 3.8) is 0 Å². The van der Waals surface area contributed by atoms with Crippen LogP contribution in [0.2, 0.25) is 0 Å². The lowest BCUT2D eigenvalue weighted by molar-refractivity contribution is -0.114. The van der Waals surface area contributed by atoms with Crippen molar-refractivity contribution in [1.29, 1.82) is 0 Å². The van der Waals surface area contributed by atoms with E-state index < -0.39 is 0 Å². The molecule has 1 aliphatic rings. The molecule has 1 aliphatic carbocycles. The quantitative estimate of drug-likeness (QED) is 0.543. The number of benzene rings is 1. The van der Waals surface area contributed by atoms with Crippen LogP contribution in [0.3, 0.4) is 0 Å². The minimum atomic E-state index is 0.0892. The number of carbonyl (C=O) groups is 1. The van der Waals surface area contributed by atoms with E-state index in [4.69, 9.17) is 0 Å². The molecule has 0 spiro atoms. The highest BCUT2D eigenvalue weighted by Gasteiger charge is 2.21. The number of aliphatic hydroxyl groups excluding tert-OH is 1. The lowest BCUT2D eigenvalue weighted by atomic mass is 10.1. The molecule has 1 saturated carbocycles. The van der Waals surface area contributed by atoms with Crippen LogP contribution in [-0.2, 0) is 4.79 Å². The minimum Gasteiger partial charge on any atom is -0.507 e. The largest absolute Gasteiger partial charge is 0.507 e. The lowest BCUT2D eigenvalue weighted by Crippen LogP contribution is -1.96. The number of allylic oxidation sites excluding steroid dienone is 1. The van der Waals surface area contributed by atoms with Crippen LogP contribution < -0.4 is 0 Å². The van der Waals surface area contributed by atoms with Gasteiger partial charge in [-0.2, -0.15) is 0 Å². The van der Waals surface area contributed by atoms with E-state index in [-0.39, 0.29) is 11.5 Å². The Hall–Kier alpha value is -1.57. The molecule has 0 aliphatic heterocycles. The number of hydrogen-bond donors (Lipinski definition) is 1. The first-order valence-electron chi connectivity index (χ1n) is 4.80. The van der Waals surface area contributed by atoms with Gasteiger partial charge in [0.25, 0.3) is 0 Å². The zero-order chi connectivity index (χ0) is 9.97. The van der Waals surface area contributed by atoms with E-state index in [0.29, 0.717) is 18.4 Å². The molecule has 0 radical (unpaired) electrons. The molecule has 1 aromatic carbocycles. The Morgan fingerprint density at radius 2 is 1.86 bits per heavy atom. The number of ketones is 1. The molecule has 0 amide bonds. The maximum absolute atomic E-state index is 11.4. The summed E-state index contributed by atoms with van der Waals surface area (Å²) in [6, 6.07) is 9.22. The fraction of sp³-hybridized carbons (Fsp3) is 0.250. The normalized spacial score (nSPS) is 19.9. The van der Waals surface area contributed by atoms with E-state index in [1.54, 1.807) is 0 Å². The van der Waals surface area contributed by atoms with Crippen molar-refractivity contribution < 1.29 is 9.90 Å². The third kappa shape index (κ3) is 1.55. The molecule has 0 aromatic heterocycles. The highest BCUT2D eigenvalue weighted by Crippen LogP contribution is 2.27. The zero-order valence-electron chi connectivity index (χ0n) is 7.86. The Morgan fingerprint density at radius 3 is 2.43 bits per heavy atom. The average molecular weight is 188 g/mol. The van der Waals surface area contributed by atoms with E-state index >= 15 is 0 Å². The maximum Gasteiger partial charge on any atom is 0.162 e. The summed E-state index contributed by atoms with van der Waals surface area (Å²) in [4.78, 5) is 11.4. The SMILES string of the molecule is O=C1CCCC1=C(O)c1ccccc1. The van der Waals surface area contributed by atoms with Crippen molar-refractivity contribution >= 4 is 11.5 Å². The smallest absolute Gasteiger partial charge is 0.162 e. The summed E-state index contributed by atoms with van der Waals surface area (Å²) in [5, 5.41) is 9.85. The summed E-state index contributed by atoms with van der Waals surface area (Å²) in [6.07, 6.45) is 2.15. The van der Waals surface area contributed by atoms with Gasteiger partial charge in [-0.15, -0.1) is 0 Å². The van der Waals surface area contributed by atoms with Gasteiger partial charge in [0.05, 0.1) is 0 Å². The fourth-order valence-electron chi connectivity index (χ4n) is 1.74. The summed E-state index contributed by atoms with van der Waals surface area (Å²) in [6.45, 7) is 0. The van der Waals surface area contributed by atoms with Gasteiger partial charge in [-0.3, -0.25) is 4.79 Å². The molecule has 2 nitrogen and oxygen atoms in total. The molecule has 14 heavy (non-hydrogen) atoms. The van der Waals surface area contributed by atoms with Crippen LogP contribution in [0.1, 0.15) is 24.8 Å². The van der Waals surface area contributed by atoms with Crippen LogP contribution in [0, 0.1) is 0 Å². The molecule has 0 heterocycles. The summed E-state index contributed by atoms with van der Waals surface area (Å²) < 4.78 is 0. The van der Waals surface area contributed by atoms with Crippen LogP contribution in [0.15, 0.2) is 35.9 Å². The van der Waals surface area contributed by atoms with E-state index in [1.165, 1.54) is 0 Å². The molecule has 1 aromatic rings. The molecule has 1 N–H and O–H groups in total. The van der Waals surface area contributed by atoms with Crippen molar-refractivity contribution in [2.75, 3.05) is 0 Å². The van der Waals surface area contributed by atoms with Crippen molar-refractivity contribution in [2.45, 2.75) is 19.3 Å². The second kappa shape index (κ2) is 3.66. The third-order valence-electron chi connectivity index (χ3n) is 2.50. The molecule has 1 fully saturated rings. The van der Waals surface area contributed by atoms with Gasteiger partial charge >= 0.3 is 0 Å². The van der Waals surface area contributed by atoms with Gasteiger partial charge in [-0.05, 0) is 12.8 Å². The van der Waals surface area contributed by atoms with Crippen LogP contribution in [0.4, 0.5) is 0 Å². The standard InChI is InChI=1S/C12H12O2/c13-11-8-4-7-10(11)12(14)9-5-2-1-3-6-9/h1-3,5-6,14H,4,7-8H2. The summed E-state index contributed by atoms with van der Waals surface area (Å²) in [5.74, 6) is 0.249. The summed E-state index contributed by atoms with van der Waals surface area (Å²) >= 11 is 0. The molecule has 2 heteroatoms. The summed E-state index contributed by atoms with van der Waals surface area (Å²) in [7, 11) is 0. The first-order chi connectivity index (χ1) is 6.79.